The average molecular weight is 318 g/mol. The first-order valence-electron chi connectivity index (χ1n) is 6.72. The third-order valence-corrected chi connectivity index (χ3v) is 4.70. The number of carbonyl (C=O) groups excluding carboxylic acids is 1. The fraction of sp³-hybridized carbons (Fsp3) is 0.188. The van der Waals surface area contributed by atoms with E-state index >= 15 is 0 Å². The average Bonchev–Trinajstić information content (AvgIpc) is 2.46. The summed E-state index contributed by atoms with van der Waals surface area (Å²) in [6, 6.07) is 13.8. The standard InChI is InChI=1S/C16H18N2O3S/c1-12-7-4-5-10-15(12)16(19)13-8-6-9-14(11-13)17-22(20,21)18(2)3/h4-11,17H,1-3H3. The highest BCUT2D eigenvalue weighted by atomic mass is 32.2. The van der Waals surface area contributed by atoms with E-state index in [4.69, 9.17) is 0 Å². The molecule has 0 aliphatic carbocycles. The van der Waals surface area contributed by atoms with Gasteiger partial charge in [-0.3, -0.25) is 9.52 Å². The van der Waals surface area contributed by atoms with Gasteiger partial charge in [-0.05, 0) is 24.6 Å². The van der Waals surface area contributed by atoms with Crippen molar-refractivity contribution in [1.29, 1.82) is 0 Å². The largest absolute Gasteiger partial charge is 0.301 e. The second-order valence-corrected chi connectivity index (χ2v) is 7.00. The Bertz CT molecular complexity index is 799. The molecule has 0 spiro atoms. The predicted octanol–water partition coefficient (Wildman–Crippen LogP) is 2.44. The third kappa shape index (κ3) is 3.52. The van der Waals surface area contributed by atoms with Gasteiger partial charge in [0.15, 0.2) is 5.78 Å². The zero-order valence-electron chi connectivity index (χ0n) is 12.7. The Morgan fingerprint density at radius 2 is 1.73 bits per heavy atom. The molecule has 0 aliphatic heterocycles. The molecule has 0 radical (unpaired) electrons. The van der Waals surface area contributed by atoms with E-state index in [1.165, 1.54) is 20.2 Å². The van der Waals surface area contributed by atoms with Crippen LogP contribution in [0.5, 0.6) is 0 Å². The van der Waals surface area contributed by atoms with Gasteiger partial charge >= 0.3 is 10.2 Å². The van der Waals surface area contributed by atoms with E-state index in [-0.39, 0.29) is 5.78 Å². The van der Waals surface area contributed by atoms with E-state index in [9.17, 15) is 13.2 Å². The van der Waals surface area contributed by atoms with Gasteiger partial charge in [-0.2, -0.15) is 12.7 Å². The fourth-order valence-corrected chi connectivity index (χ4v) is 2.55. The first-order valence-corrected chi connectivity index (χ1v) is 8.16. The monoisotopic (exact) mass is 318 g/mol. The van der Waals surface area contributed by atoms with Crippen LogP contribution in [0.3, 0.4) is 0 Å². The molecule has 5 nitrogen and oxygen atoms in total. The minimum atomic E-state index is -3.59. The number of ketones is 1. The van der Waals surface area contributed by atoms with Gasteiger partial charge in [0, 0.05) is 25.2 Å². The van der Waals surface area contributed by atoms with Crippen molar-refractivity contribution in [3.8, 4) is 0 Å². The van der Waals surface area contributed by atoms with E-state index in [2.05, 4.69) is 4.72 Å². The lowest BCUT2D eigenvalue weighted by molar-refractivity contribution is 0.103. The highest BCUT2D eigenvalue weighted by Crippen LogP contribution is 2.18. The van der Waals surface area contributed by atoms with Crippen LogP contribution in [0.25, 0.3) is 0 Å². The lowest BCUT2D eigenvalue weighted by Crippen LogP contribution is -2.29. The molecule has 0 heterocycles. The lowest BCUT2D eigenvalue weighted by atomic mass is 9.99. The number of nitrogens with zero attached hydrogens (tertiary/aromatic N) is 1. The van der Waals surface area contributed by atoms with Crippen LogP contribution in [0.2, 0.25) is 0 Å². The molecule has 2 aromatic rings. The zero-order valence-corrected chi connectivity index (χ0v) is 13.5. The number of anilines is 1. The number of hydrogen-bond acceptors (Lipinski definition) is 3. The number of benzene rings is 2. The molecule has 0 aromatic heterocycles. The maximum absolute atomic E-state index is 12.5. The SMILES string of the molecule is Cc1ccccc1C(=O)c1cccc(NS(=O)(=O)N(C)C)c1. The Labute approximate surface area is 130 Å². The Morgan fingerprint density at radius 3 is 2.36 bits per heavy atom. The van der Waals surface area contributed by atoms with E-state index in [0.29, 0.717) is 16.8 Å². The minimum absolute atomic E-state index is 0.135. The van der Waals surface area contributed by atoms with Crippen molar-refractivity contribution in [3.05, 3.63) is 65.2 Å². The summed E-state index contributed by atoms with van der Waals surface area (Å²) in [7, 11) is -0.724. The summed E-state index contributed by atoms with van der Waals surface area (Å²) < 4.78 is 27.2. The predicted molar refractivity (Wildman–Crippen MR) is 87.3 cm³/mol. The van der Waals surface area contributed by atoms with Crippen LogP contribution >= 0.6 is 0 Å². The molecule has 0 aliphatic rings. The Balaban J connectivity index is 2.33. The van der Waals surface area contributed by atoms with E-state index in [1.54, 1.807) is 30.3 Å². The molecule has 0 bridgehead atoms. The molecule has 0 saturated heterocycles. The Morgan fingerprint density at radius 1 is 1.05 bits per heavy atom. The number of aryl methyl sites for hydroxylation is 1. The van der Waals surface area contributed by atoms with Crippen molar-refractivity contribution in [2.75, 3.05) is 18.8 Å². The molecule has 0 fully saturated rings. The van der Waals surface area contributed by atoms with Crippen molar-refractivity contribution in [2.45, 2.75) is 6.92 Å². The van der Waals surface area contributed by atoms with E-state index in [0.717, 1.165) is 9.87 Å². The fourth-order valence-electron chi connectivity index (χ4n) is 1.95. The van der Waals surface area contributed by atoms with Gasteiger partial charge < -0.3 is 0 Å². The molecule has 116 valence electrons. The molecular weight excluding hydrogens is 300 g/mol. The molecule has 22 heavy (non-hydrogen) atoms. The van der Waals surface area contributed by atoms with Crippen molar-refractivity contribution >= 4 is 21.7 Å². The van der Waals surface area contributed by atoms with Gasteiger partial charge in [0.2, 0.25) is 0 Å². The van der Waals surface area contributed by atoms with Gasteiger partial charge in [-0.1, -0.05) is 36.4 Å². The quantitative estimate of drug-likeness (QED) is 0.861. The summed E-state index contributed by atoms with van der Waals surface area (Å²) in [5.41, 5.74) is 2.28. The maximum atomic E-state index is 12.5. The molecular formula is C16H18N2O3S. The van der Waals surface area contributed by atoms with Crippen LogP contribution in [0, 0.1) is 6.92 Å². The van der Waals surface area contributed by atoms with Crippen molar-refractivity contribution in [3.63, 3.8) is 0 Å². The van der Waals surface area contributed by atoms with Crippen LogP contribution in [0.1, 0.15) is 21.5 Å². The third-order valence-electron chi connectivity index (χ3n) is 3.24. The van der Waals surface area contributed by atoms with Crippen LogP contribution < -0.4 is 4.72 Å². The smallest absolute Gasteiger partial charge is 0.289 e. The topological polar surface area (TPSA) is 66.5 Å². The highest BCUT2D eigenvalue weighted by molar-refractivity contribution is 7.90. The van der Waals surface area contributed by atoms with Crippen LogP contribution in [0.15, 0.2) is 48.5 Å². The van der Waals surface area contributed by atoms with E-state index < -0.39 is 10.2 Å². The number of hydrogen-bond donors (Lipinski definition) is 1. The van der Waals surface area contributed by atoms with E-state index in [1.807, 2.05) is 19.1 Å². The van der Waals surface area contributed by atoms with Gasteiger partial charge in [0.1, 0.15) is 0 Å². The molecule has 2 rings (SSSR count). The van der Waals surface area contributed by atoms with Gasteiger partial charge in [0.25, 0.3) is 0 Å². The summed E-state index contributed by atoms with van der Waals surface area (Å²) >= 11 is 0. The number of nitrogens with one attached hydrogen (secondary N) is 1. The minimum Gasteiger partial charge on any atom is -0.289 e. The highest BCUT2D eigenvalue weighted by Gasteiger charge is 2.15. The van der Waals surface area contributed by atoms with Gasteiger partial charge in [-0.15, -0.1) is 0 Å². The molecule has 0 saturated carbocycles. The van der Waals surface area contributed by atoms with Crippen LogP contribution in [-0.2, 0) is 10.2 Å². The van der Waals surface area contributed by atoms with Crippen molar-refractivity contribution in [2.24, 2.45) is 0 Å². The normalized spacial score (nSPS) is 11.5. The van der Waals surface area contributed by atoms with Crippen molar-refractivity contribution in [1.82, 2.24) is 4.31 Å². The molecule has 0 amide bonds. The van der Waals surface area contributed by atoms with Gasteiger partial charge in [-0.25, -0.2) is 0 Å². The second-order valence-electron chi connectivity index (χ2n) is 5.11. The summed E-state index contributed by atoms with van der Waals surface area (Å²) in [6.45, 7) is 1.87. The molecule has 0 unspecified atom stereocenters. The molecule has 0 atom stereocenters. The number of carbonyl (C=O) groups is 1. The lowest BCUT2D eigenvalue weighted by Gasteiger charge is -2.14. The summed E-state index contributed by atoms with van der Waals surface area (Å²) in [6.07, 6.45) is 0. The first kappa shape index (κ1) is 16.2. The van der Waals surface area contributed by atoms with Crippen LogP contribution in [0.4, 0.5) is 5.69 Å². The Kier molecular flexibility index (Phi) is 4.63. The summed E-state index contributed by atoms with van der Waals surface area (Å²) in [5.74, 6) is -0.135. The van der Waals surface area contributed by atoms with Gasteiger partial charge in [0.05, 0.1) is 5.69 Å². The summed E-state index contributed by atoms with van der Waals surface area (Å²) in [5, 5.41) is 0. The summed E-state index contributed by atoms with van der Waals surface area (Å²) in [4.78, 5) is 12.5. The molecule has 1 N–H and O–H groups in total. The molecule has 2 aromatic carbocycles. The first-order chi connectivity index (χ1) is 10.3. The number of rotatable bonds is 5. The van der Waals surface area contributed by atoms with Crippen molar-refractivity contribution < 1.29 is 13.2 Å². The second kappa shape index (κ2) is 6.29. The zero-order chi connectivity index (χ0) is 16.3. The maximum Gasteiger partial charge on any atom is 0.301 e. The van der Waals surface area contributed by atoms with Crippen LogP contribution in [-0.4, -0.2) is 32.6 Å². The Hall–Kier alpha value is -2.18. The molecule has 6 heteroatoms.